The summed E-state index contributed by atoms with van der Waals surface area (Å²) in [5, 5.41) is 20.9. The van der Waals surface area contributed by atoms with Gasteiger partial charge in [-0.2, -0.15) is 5.26 Å². The number of carbonyl (C=O) groups is 2. The molecule has 150 valence electrons. The fraction of sp³-hybridized carbons (Fsp3) is 0.190. The number of amides is 1. The van der Waals surface area contributed by atoms with Gasteiger partial charge in [-0.3, -0.25) is 4.79 Å². The number of rotatable bonds is 8. The van der Waals surface area contributed by atoms with Crippen LogP contribution in [-0.2, 0) is 4.79 Å². The summed E-state index contributed by atoms with van der Waals surface area (Å²) in [6.45, 7) is 4.59. The molecule has 0 saturated carbocycles. The van der Waals surface area contributed by atoms with Gasteiger partial charge in [-0.1, -0.05) is 0 Å². The van der Waals surface area contributed by atoms with Gasteiger partial charge >= 0.3 is 5.97 Å². The van der Waals surface area contributed by atoms with Gasteiger partial charge in [0.25, 0.3) is 5.91 Å². The molecular weight excluding hydrogens is 440 g/mol. The van der Waals surface area contributed by atoms with Gasteiger partial charge in [-0.25, -0.2) is 4.79 Å². The SMILES string of the molecule is CCOc1cc(/C=C(\C#N)C(=O)Nc2ccc(C(=O)O)cc2)cc(Br)c1OCC. The van der Waals surface area contributed by atoms with Crippen molar-refractivity contribution in [3.63, 3.8) is 0 Å². The number of ether oxygens (including phenoxy) is 2. The van der Waals surface area contributed by atoms with Crippen molar-refractivity contribution in [2.24, 2.45) is 0 Å². The fourth-order valence-electron chi connectivity index (χ4n) is 2.43. The van der Waals surface area contributed by atoms with E-state index >= 15 is 0 Å². The molecule has 0 bridgehead atoms. The minimum Gasteiger partial charge on any atom is -0.490 e. The van der Waals surface area contributed by atoms with E-state index in [0.717, 1.165) is 0 Å². The highest BCUT2D eigenvalue weighted by molar-refractivity contribution is 9.10. The number of carboxylic acids is 1. The number of nitrogens with one attached hydrogen (secondary N) is 1. The number of carbonyl (C=O) groups excluding carboxylic acids is 1. The summed E-state index contributed by atoms with van der Waals surface area (Å²) in [5.74, 6) is -0.630. The zero-order valence-corrected chi connectivity index (χ0v) is 17.4. The first-order chi connectivity index (χ1) is 13.9. The van der Waals surface area contributed by atoms with Crippen LogP contribution < -0.4 is 14.8 Å². The highest BCUT2D eigenvalue weighted by Crippen LogP contribution is 2.37. The van der Waals surface area contributed by atoms with E-state index in [1.807, 2.05) is 19.9 Å². The third-order valence-electron chi connectivity index (χ3n) is 3.69. The van der Waals surface area contributed by atoms with Crippen LogP contribution in [0.4, 0.5) is 5.69 Å². The molecule has 2 rings (SSSR count). The smallest absolute Gasteiger partial charge is 0.335 e. The Morgan fingerprint density at radius 1 is 1.17 bits per heavy atom. The summed E-state index contributed by atoms with van der Waals surface area (Å²) in [6, 6.07) is 10.9. The summed E-state index contributed by atoms with van der Waals surface area (Å²) in [4.78, 5) is 23.3. The van der Waals surface area contributed by atoms with Crippen LogP contribution in [0.1, 0.15) is 29.8 Å². The summed E-state index contributed by atoms with van der Waals surface area (Å²) < 4.78 is 11.8. The highest BCUT2D eigenvalue weighted by atomic mass is 79.9. The third-order valence-corrected chi connectivity index (χ3v) is 4.28. The molecule has 1 amide bonds. The predicted octanol–water partition coefficient (Wildman–Crippen LogP) is 4.49. The van der Waals surface area contributed by atoms with Gasteiger partial charge in [0.2, 0.25) is 0 Å². The summed E-state index contributed by atoms with van der Waals surface area (Å²) >= 11 is 3.42. The Balaban J connectivity index is 2.29. The lowest BCUT2D eigenvalue weighted by Crippen LogP contribution is -2.13. The number of hydrogen-bond acceptors (Lipinski definition) is 5. The molecule has 2 aromatic rings. The molecule has 2 aromatic carbocycles. The Hall–Kier alpha value is -3.31. The second kappa shape index (κ2) is 10.3. The van der Waals surface area contributed by atoms with Crippen LogP contribution in [0.15, 0.2) is 46.4 Å². The van der Waals surface area contributed by atoms with E-state index < -0.39 is 11.9 Å². The van der Waals surface area contributed by atoms with Crippen molar-refractivity contribution in [3.05, 3.63) is 57.6 Å². The molecule has 0 fully saturated rings. The molecule has 0 aliphatic heterocycles. The number of nitriles is 1. The standard InChI is InChI=1S/C21H19BrN2O5/c1-3-28-18-11-13(10-17(22)19(18)29-4-2)9-15(12-23)20(25)24-16-7-5-14(6-8-16)21(26)27/h5-11H,3-4H2,1-2H3,(H,24,25)(H,26,27)/b15-9+. The van der Waals surface area contributed by atoms with E-state index in [0.29, 0.717) is 40.4 Å². The molecule has 0 aromatic heterocycles. The third kappa shape index (κ3) is 5.83. The second-order valence-corrected chi connectivity index (χ2v) is 6.56. The number of anilines is 1. The lowest BCUT2D eigenvalue weighted by molar-refractivity contribution is -0.112. The number of benzene rings is 2. The van der Waals surface area contributed by atoms with Crippen LogP contribution in [-0.4, -0.2) is 30.2 Å². The first-order valence-electron chi connectivity index (χ1n) is 8.75. The maximum absolute atomic E-state index is 12.4. The minimum absolute atomic E-state index is 0.0988. The summed E-state index contributed by atoms with van der Waals surface area (Å²) in [7, 11) is 0. The number of hydrogen-bond donors (Lipinski definition) is 2. The zero-order valence-electron chi connectivity index (χ0n) is 15.9. The molecule has 8 heteroatoms. The van der Waals surface area contributed by atoms with Gasteiger partial charge in [0, 0.05) is 5.69 Å². The molecule has 0 heterocycles. The van der Waals surface area contributed by atoms with Gasteiger partial charge in [-0.15, -0.1) is 0 Å². The van der Waals surface area contributed by atoms with Crippen LogP contribution in [0.25, 0.3) is 6.08 Å². The summed E-state index contributed by atoms with van der Waals surface area (Å²) in [6.07, 6.45) is 1.43. The van der Waals surface area contributed by atoms with E-state index in [-0.39, 0.29) is 11.1 Å². The highest BCUT2D eigenvalue weighted by Gasteiger charge is 2.14. The van der Waals surface area contributed by atoms with Crippen LogP contribution >= 0.6 is 15.9 Å². The Morgan fingerprint density at radius 2 is 1.83 bits per heavy atom. The lowest BCUT2D eigenvalue weighted by Gasteiger charge is -2.13. The Morgan fingerprint density at radius 3 is 2.38 bits per heavy atom. The molecule has 2 N–H and O–H groups in total. The molecule has 7 nitrogen and oxygen atoms in total. The van der Waals surface area contributed by atoms with Gasteiger partial charge in [0.15, 0.2) is 11.5 Å². The van der Waals surface area contributed by atoms with E-state index in [2.05, 4.69) is 21.2 Å². The van der Waals surface area contributed by atoms with Crippen molar-refractivity contribution < 1.29 is 24.2 Å². The first-order valence-corrected chi connectivity index (χ1v) is 9.54. The average molecular weight is 459 g/mol. The van der Waals surface area contributed by atoms with Crippen LogP contribution in [0.2, 0.25) is 0 Å². The molecule has 0 aliphatic rings. The molecule has 0 unspecified atom stereocenters. The molecular formula is C21H19BrN2O5. The maximum Gasteiger partial charge on any atom is 0.335 e. The second-order valence-electron chi connectivity index (χ2n) is 5.70. The lowest BCUT2D eigenvalue weighted by atomic mass is 10.1. The van der Waals surface area contributed by atoms with Crippen molar-refractivity contribution >= 4 is 39.6 Å². The van der Waals surface area contributed by atoms with Gasteiger partial charge < -0.3 is 19.9 Å². The Kier molecular flexibility index (Phi) is 7.80. The van der Waals surface area contributed by atoms with Crippen molar-refractivity contribution in [2.75, 3.05) is 18.5 Å². The molecule has 0 radical (unpaired) electrons. The van der Waals surface area contributed by atoms with Gasteiger partial charge in [-0.05, 0) is 77.8 Å². The van der Waals surface area contributed by atoms with Crippen LogP contribution in [0.5, 0.6) is 11.5 Å². The van der Waals surface area contributed by atoms with Crippen molar-refractivity contribution in [3.8, 4) is 17.6 Å². The Labute approximate surface area is 176 Å². The quantitative estimate of drug-likeness (QED) is 0.445. The molecule has 29 heavy (non-hydrogen) atoms. The number of carboxylic acid groups (broad SMARTS) is 1. The van der Waals surface area contributed by atoms with Gasteiger partial charge in [0.05, 0.1) is 23.2 Å². The van der Waals surface area contributed by atoms with E-state index in [1.54, 1.807) is 12.1 Å². The normalized spacial score (nSPS) is 10.8. The zero-order chi connectivity index (χ0) is 21.4. The van der Waals surface area contributed by atoms with Crippen molar-refractivity contribution in [2.45, 2.75) is 13.8 Å². The van der Waals surface area contributed by atoms with Crippen molar-refractivity contribution in [1.29, 1.82) is 5.26 Å². The number of aromatic carboxylic acids is 1. The average Bonchev–Trinajstić information content (AvgIpc) is 2.69. The fourth-order valence-corrected chi connectivity index (χ4v) is 3.00. The van der Waals surface area contributed by atoms with E-state index in [9.17, 15) is 14.9 Å². The molecule has 0 atom stereocenters. The topological polar surface area (TPSA) is 109 Å². The molecule has 0 saturated heterocycles. The van der Waals surface area contributed by atoms with Crippen molar-refractivity contribution in [1.82, 2.24) is 0 Å². The number of nitrogens with zero attached hydrogens (tertiary/aromatic N) is 1. The first kappa shape index (κ1) is 22.0. The monoisotopic (exact) mass is 458 g/mol. The molecule has 0 spiro atoms. The van der Waals surface area contributed by atoms with E-state index in [1.165, 1.54) is 30.3 Å². The van der Waals surface area contributed by atoms with Crippen LogP contribution in [0, 0.1) is 11.3 Å². The minimum atomic E-state index is -1.06. The largest absolute Gasteiger partial charge is 0.490 e. The van der Waals surface area contributed by atoms with E-state index in [4.69, 9.17) is 14.6 Å². The molecule has 0 aliphatic carbocycles. The summed E-state index contributed by atoms with van der Waals surface area (Å²) in [5.41, 5.74) is 0.938. The Bertz CT molecular complexity index is 978. The number of halogens is 1. The predicted molar refractivity (Wildman–Crippen MR) is 112 cm³/mol. The van der Waals surface area contributed by atoms with Gasteiger partial charge in [0.1, 0.15) is 11.6 Å². The maximum atomic E-state index is 12.4. The van der Waals surface area contributed by atoms with Crippen LogP contribution in [0.3, 0.4) is 0 Å².